The third-order valence-electron chi connectivity index (χ3n) is 4.02. The standard InChI is InChI=1S/C17H13N5O8S/c18-8-2-1-3-9(6-8)22-15(23)13(14(21-22)17(26)27)20-19-12-5-4-10(31(28,29)30)7-11(12)16(24)25/h1-7,13H,18H2,(H,24,25)(H,26,27)(H,28,29,30). The van der Waals surface area contributed by atoms with Crippen molar-refractivity contribution in [3.05, 3.63) is 48.0 Å². The lowest BCUT2D eigenvalue weighted by molar-refractivity contribution is -0.130. The number of aromatic carboxylic acids is 1. The zero-order chi connectivity index (χ0) is 22.9. The zero-order valence-corrected chi connectivity index (χ0v) is 16.1. The second-order valence-corrected chi connectivity index (χ2v) is 7.53. The van der Waals surface area contributed by atoms with Crippen molar-refractivity contribution in [3.8, 4) is 0 Å². The number of rotatable bonds is 6. The normalized spacial score (nSPS) is 16.5. The Morgan fingerprint density at radius 1 is 1.10 bits per heavy atom. The van der Waals surface area contributed by atoms with Gasteiger partial charge in [-0.3, -0.25) is 9.35 Å². The first-order valence-corrected chi connectivity index (χ1v) is 9.70. The minimum absolute atomic E-state index is 0.185. The third-order valence-corrected chi connectivity index (χ3v) is 4.87. The predicted octanol–water partition coefficient (Wildman–Crippen LogP) is 1.15. The molecule has 0 saturated carbocycles. The summed E-state index contributed by atoms with van der Waals surface area (Å²) in [5, 5.41) is 30.4. The van der Waals surface area contributed by atoms with Gasteiger partial charge in [-0.2, -0.15) is 28.8 Å². The van der Waals surface area contributed by atoms with Crippen LogP contribution in [0.3, 0.4) is 0 Å². The number of hydrazone groups is 1. The zero-order valence-electron chi connectivity index (χ0n) is 15.3. The molecule has 2 aromatic carbocycles. The van der Waals surface area contributed by atoms with Crippen LogP contribution in [0.4, 0.5) is 17.1 Å². The van der Waals surface area contributed by atoms with Gasteiger partial charge in [0.2, 0.25) is 6.04 Å². The number of carboxylic acids is 2. The molecule has 0 saturated heterocycles. The molecule has 1 amide bonds. The van der Waals surface area contributed by atoms with Gasteiger partial charge in [-0.1, -0.05) is 6.07 Å². The van der Waals surface area contributed by atoms with E-state index in [0.717, 1.165) is 17.1 Å². The van der Waals surface area contributed by atoms with Crippen molar-refractivity contribution in [2.24, 2.45) is 15.3 Å². The highest BCUT2D eigenvalue weighted by Gasteiger charge is 2.41. The summed E-state index contributed by atoms with van der Waals surface area (Å²) in [4.78, 5) is 34.9. The molecule has 1 atom stereocenters. The molecule has 160 valence electrons. The third kappa shape index (κ3) is 4.39. The van der Waals surface area contributed by atoms with E-state index in [-0.39, 0.29) is 11.4 Å². The van der Waals surface area contributed by atoms with Gasteiger partial charge in [0, 0.05) is 5.69 Å². The van der Waals surface area contributed by atoms with Crippen molar-refractivity contribution in [1.82, 2.24) is 0 Å². The Hall–Kier alpha value is -4.17. The summed E-state index contributed by atoms with van der Waals surface area (Å²) in [5.41, 5.74) is 4.46. The first-order chi connectivity index (χ1) is 14.5. The van der Waals surface area contributed by atoms with E-state index in [1.165, 1.54) is 18.2 Å². The number of carbonyl (C=O) groups excluding carboxylic acids is 1. The number of nitrogens with zero attached hydrogens (tertiary/aromatic N) is 4. The Kier molecular flexibility index (Phi) is 5.51. The molecule has 3 rings (SSSR count). The summed E-state index contributed by atoms with van der Waals surface area (Å²) in [7, 11) is -4.68. The average molecular weight is 447 g/mol. The van der Waals surface area contributed by atoms with Crippen LogP contribution in [0.5, 0.6) is 0 Å². The Morgan fingerprint density at radius 3 is 2.39 bits per heavy atom. The highest BCUT2D eigenvalue weighted by atomic mass is 32.2. The van der Waals surface area contributed by atoms with Crippen molar-refractivity contribution in [3.63, 3.8) is 0 Å². The van der Waals surface area contributed by atoms with Crippen molar-refractivity contribution in [1.29, 1.82) is 0 Å². The van der Waals surface area contributed by atoms with E-state index in [1.807, 2.05) is 0 Å². The predicted molar refractivity (Wildman–Crippen MR) is 105 cm³/mol. The lowest BCUT2D eigenvalue weighted by atomic mass is 10.2. The summed E-state index contributed by atoms with van der Waals surface area (Å²) in [5.74, 6) is -4.02. The van der Waals surface area contributed by atoms with Gasteiger partial charge in [-0.25, -0.2) is 9.59 Å². The van der Waals surface area contributed by atoms with Gasteiger partial charge in [0.15, 0.2) is 5.71 Å². The monoisotopic (exact) mass is 447 g/mol. The van der Waals surface area contributed by atoms with Crippen LogP contribution in [0.15, 0.2) is 62.7 Å². The number of nitrogen functional groups attached to an aromatic ring is 1. The van der Waals surface area contributed by atoms with Crippen LogP contribution in [0.25, 0.3) is 0 Å². The fourth-order valence-electron chi connectivity index (χ4n) is 2.60. The maximum Gasteiger partial charge on any atom is 0.355 e. The lowest BCUT2D eigenvalue weighted by Crippen LogP contribution is -2.33. The highest BCUT2D eigenvalue weighted by molar-refractivity contribution is 7.85. The number of hydrogen-bond acceptors (Lipinski definition) is 9. The van der Waals surface area contributed by atoms with Gasteiger partial charge in [-0.15, -0.1) is 0 Å². The van der Waals surface area contributed by atoms with Gasteiger partial charge in [0.05, 0.1) is 21.8 Å². The molecule has 31 heavy (non-hydrogen) atoms. The Bertz CT molecular complexity index is 1270. The van der Waals surface area contributed by atoms with Gasteiger partial charge in [0.25, 0.3) is 16.0 Å². The minimum atomic E-state index is -4.68. The van der Waals surface area contributed by atoms with Gasteiger partial charge >= 0.3 is 11.9 Å². The second-order valence-electron chi connectivity index (χ2n) is 6.11. The Balaban J connectivity index is 2.00. The molecule has 0 fully saturated rings. The maximum absolute atomic E-state index is 12.7. The number of hydrogen-bond donors (Lipinski definition) is 4. The Labute approximate surface area is 173 Å². The first-order valence-electron chi connectivity index (χ1n) is 8.26. The van der Waals surface area contributed by atoms with Crippen LogP contribution in [-0.4, -0.2) is 52.8 Å². The number of anilines is 2. The van der Waals surface area contributed by atoms with Crippen LogP contribution >= 0.6 is 0 Å². The van der Waals surface area contributed by atoms with Crippen molar-refractivity contribution >= 4 is 50.7 Å². The molecule has 13 nitrogen and oxygen atoms in total. The van der Waals surface area contributed by atoms with E-state index >= 15 is 0 Å². The molecule has 14 heteroatoms. The molecule has 1 heterocycles. The molecule has 0 aliphatic carbocycles. The highest BCUT2D eigenvalue weighted by Crippen LogP contribution is 2.27. The molecule has 1 unspecified atom stereocenters. The van der Waals surface area contributed by atoms with Crippen LogP contribution in [0, 0.1) is 0 Å². The molecular weight excluding hydrogens is 434 g/mol. The van der Waals surface area contributed by atoms with E-state index in [4.69, 9.17) is 10.3 Å². The summed E-state index contributed by atoms with van der Waals surface area (Å²) in [6, 6.07) is 6.69. The molecule has 0 aromatic heterocycles. The van der Waals surface area contributed by atoms with E-state index in [1.54, 1.807) is 6.07 Å². The van der Waals surface area contributed by atoms with E-state index in [2.05, 4.69) is 15.3 Å². The molecular formula is C17H13N5O8S. The fraction of sp³-hybridized carbons (Fsp3) is 0.0588. The minimum Gasteiger partial charge on any atom is -0.478 e. The van der Waals surface area contributed by atoms with Gasteiger partial charge in [-0.05, 0) is 36.4 Å². The SMILES string of the molecule is Nc1cccc(N2N=C(C(=O)O)C(N=Nc3ccc(S(=O)(=O)O)cc3C(=O)O)C2=O)c1. The van der Waals surface area contributed by atoms with Crippen LogP contribution < -0.4 is 10.7 Å². The van der Waals surface area contributed by atoms with E-state index in [0.29, 0.717) is 11.8 Å². The lowest BCUT2D eigenvalue weighted by Gasteiger charge is -2.12. The number of amides is 1. The van der Waals surface area contributed by atoms with Crippen molar-refractivity contribution in [2.75, 3.05) is 10.7 Å². The van der Waals surface area contributed by atoms with E-state index in [9.17, 15) is 33.0 Å². The van der Waals surface area contributed by atoms with Gasteiger partial charge < -0.3 is 15.9 Å². The number of aliphatic carboxylic acids is 1. The van der Waals surface area contributed by atoms with Crippen LogP contribution in [0.1, 0.15) is 10.4 Å². The molecule has 0 spiro atoms. The number of benzene rings is 2. The Morgan fingerprint density at radius 2 is 1.81 bits per heavy atom. The number of nitrogens with two attached hydrogens (primary N) is 1. The quantitative estimate of drug-likeness (QED) is 0.283. The van der Waals surface area contributed by atoms with Gasteiger partial charge in [0.1, 0.15) is 0 Å². The first kappa shape index (κ1) is 21.5. The van der Waals surface area contributed by atoms with Crippen molar-refractivity contribution < 1.29 is 37.6 Å². The molecule has 0 bridgehead atoms. The molecule has 1 aliphatic rings. The number of azo groups is 1. The molecule has 2 aromatic rings. The molecule has 1 aliphatic heterocycles. The topological polar surface area (TPSA) is 212 Å². The second kappa shape index (κ2) is 7.92. The summed E-state index contributed by atoms with van der Waals surface area (Å²) in [6.45, 7) is 0. The van der Waals surface area contributed by atoms with Crippen LogP contribution in [-0.2, 0) is 19.7 Å². The van der Waals surface area contributed by atoms with E-state index < -0.39 is 50.2 Å². The summed E-state index contributed by atoms with van der Waals surface area (Å²) < 4.78 is 31.5. The summed E-state index contributed by atoms with van der Waals surface area (Å²) >= 11 is 0. The molecule has 5 N–H and O–H groups in total. The number of carbonyl (C=O) groups is 3. The van der Waals surface area contributed by atoms with Crippen LogP contribution in [0.2, 0.25) is 0 Å². The molecule has 0 radical (unpaired) electrons. The fourth-order valence-corrected chi connectivity index (χ4v) is 3.11. The summed E-state index contributed by atoms with van der Waals surface area (Å²) in [6.07, 6.45) is 0. The maximum atomic E-state index is 12.7. The average Bonchev–Trinajstić information content (AvgIpc) is 3.02. The largest absolute Gasteiger partial charge is 0.478 e. The number of carboxylic acid groups (broad SMARTS) is 2. The smallest absolute Gasteiger partial charge is 0.355 e. The van der Waals surface area contributed by atoms with Crippen molar-refractivity contribution in [2.45, 2.75) is 10.9 Å².